The number of thiazole rings is 1. The van der Waals surface area contributed by atoms with Gasteiger partial charge >= 0.3 is 5.97 Å². The largest absolute Gasteiger partial charge is 0.480 e. The highest BCUT2D eigenvalue weighted by Crippen LogP contribution is 2.26. The number of aliphatic carboxylic acids is 1. The van der Waals surface area contributed by atoms with E-state index >= 15 is 0 Å². The van der Waals surface area contributed by atoms with Crippen LogP contribution in [0.4, 0.5) is 4.39 Å². The van der Waals surface area contributed by atoms with Crippen LogP contribution in [0.3, 0.4) is 0 Å². The molecule has 0 aliphatic carbocycles. The van der Waals surface area contributed by atoms with Crippen molar-refractivity contribution in [2.45, 2.75) is 13.1 Å². The minimum atomic E-state index is -1.00. The lowest BCUT2D eigenvalue weighted by Gasteiger charge is -2.06. The maximum absolute atomic E-state index is 13.8. The zero-order valence-corrected chi connectivity index (χ0v) is 13.7. The van der Waals surface area contributed by atoms with E-state index in [0.29, 0.717) is 16.4 Å². The average molecular weight is 360 g/mol. The van der Waals surface area contributed by atoms with Crippen LogP contribution in [0.15, 0.2) is 42.0 Å². The van der Waals surface area contributed by atoms with Crippen LogP contribution in [0.25, 0.3) is 10.6 Å². The third-order valence-corrected chi connectivity index (χ3v) is 4.23. The molecule has 0 atom stereocenters. The Balaban J connectivity index is 1.68. The van der Waals surface area contributed by atoms with Crippen LogP contribution in [-0.2, 0) is 17.9 Å². The highest BCUT2D eigenvalue weighted by molar-refractivity contribution is 7.13. The van der Waals surface area contributed by atoms with Gasteiger partial charge in [-0.15, -0.1) is 11.3 Å². The Hall–Kier alpha value is -3.07. The molecule has 0 radical (unpaired) electrons. The number of hydrogen-bond donors (Lipinski definition) is 2. The van der Waals surface area contributed by atoms with Crippen LogP contribution in [0.1, 0.15) is 16.3 Å². The van der Waals surface area contributed by atoms with Crippen molar-refractivity contribution in [1.82, 2.24) is 19.9 Å². The van der Waals surface area contributed by atoms with Crippen LogP contribution < -0.4 is 5.32 Å². The number of carbonyl (C=O) groups excluding carboxylic acids is 1. The number of carboxylic acid groups (broad SMARTS) is 1. The number of nitrogens with one attached hydrogen (secondary N) is 1. The second kappa shape index (κ2) is 7.22. The number of rotatable bonds is 6. The van der Waals surface area contributed by atoms with Crippen LogP contribution in [0.2, 0.25) is 0 Å². The third-order valence-electron chi connectivity index (χ3n) is 3.36. The Morgan fingerprint density at radius 2 is 2.12 bits per heavy atom. The van der Waals surface area contributed by atoms with Gasteiger partial charge in [-0.2, -0.15) is 0 Å². The van der Waals surface area contributed by atoms with E-state index in [0.717, 1.165) is 0 Å². The van der Waals surface area contributed by atoms with E-state index in [1.54, 1.807) is 23.6 Å². The maximum Gasteiger partial charge on any atom is 0.323 e. The van der Waals surface area contributed by atoms with Gasteiger partial charge in [-0.05, 0) is 12.1 Å². The van der Waals surface area contributed by atoms with Crippen molar-refractivity contribution in [3.05, 3.63) is 59.4 Å². The summed E-state index contributed by atoms with van der Waals surface area (Å²) < 4.78 is 15.2. The van der Waals surface area contributed by atoms with Crippen LogP contribution >= 0.6 is 11.3 Å². The molecule has 3 aromatic rings. The summed E-state index contributed by atoms with van der Waals surface area (Å²) in [6.45, 7) is -0.176. The molecule has 0 unspecified atom stereocenters. The fourth-order valence-electron chi connectivity index (χ4n) is 2.18. The molecule has 0 fully saturated rings. The molecule has 1 aromatic carbocycles. The topological polar surface area (TPSA) is 97.1 Å². The van der Waals surface area contributed by atoms with E-state index in [1.807, 2.05) is 0 Å². The summed E-state index contributed by atoms with van der Waals surface area (Å²) in [4.78, 5) is 31.1. The number of nitrogens with zero attached hydrogens (tertiary/aromatic N) is 3. The lowest BCUT2D eigenvalue weighted by molar-refractivity contribution is -0.137. The maximum atomic E-state index is 13.8. The normalized spacial score (nSPS) is 10.6. The molecule has 0 spiro atoms. The molecule has 1 amide bonds. The van der Waals surface area contributed by atoms with Crippen LogP contribution in [0.5, 0.6) is 0 Å². The van der Waals surface area contributed by atoms with Crippen molar-refractivity contribution in [2.75, 3.05) is 0 Å². The molecule has 0 aliphatic rings. The van der Waals surface area contributed by atoms with Gasteiger partial charge in [0.05, 0.1) is 6.54 Å². The molecular formula is C16H13FN4O3S. The summed E-state index contributed by atoms with van der Waals surface area (Å²) in [5.41, 5.74) is 0.503. The molecule has 0 saturated carbocycles. The van der Waals surface area contributed by atoms with Gasteiger partial charge in [0.15, 0.2) is 0 Å². The fraction of sp³-hybridized carbons (Fsp3) is 0.125. The highest BCUT2D eigenvalue weighted by Gasteiger charge is 2.15. The number of carboxylic acids is 1. The van der Waals surface area contributed by atoms with Crippen molar-refractivity contribution in [1.29, 1.82) is 0 Å². The zero-order valence-electron chi connectivity index (χ0n) is 12.8. The zero-order chi connectivity index (χ0) is 17.8. The van der Waals surface area contributed by atoms with Gasteiger partial charge in [0.25, 0.3) is 5.91 Å². The summed E-state index contributed by atoms with van der Waals surface area (Å²) >= 11 is 1.17. The molecule has 7 nitrogen and oxygen atoms in total. The summed E-state index contributed by atoms with van der Waals surface area (Å²) in [6, 6.07) is 6.21. The predicted molar refractivity (Wildman–Crippen MR) is 88.5 cm³/mol. The van der Waals surface area contributed by atoms with Gasteiger partial charge in [0, 0.05) is 23.3 Å². The molecule has 9 heteroatoms. The minimum Gasteiger partial charge on any atom is -0.480 e. The summed E-state index contributed by atoms with van der Waals surface area (Å²) in [7, 11) is 0. The van der Waals surface area contributed by atoms with Crippen molar-refractivity contribution in [3.63, 3.8) is 0 Å². The second-order valence-corrected chi connectivity index (χ2v) is 5.92. The Morgan fingerprint density at radius 1 is 1.32 bits per heavy atom. The summed E-state index contributed by atoms with van der Waals surface area (Å²) in [5.74, 6) is -1.43. The van der Waals surface area contributed by atoms with Crippen LogP contribution in [0, 0.1) is 5.82 Å². The monoisotopic (exact) mass is 360 g/mol. The number of halogens is 1. The minimum absolute atomic E-state index is 0.0612. The standard InChI is InChI=1S/C16H13FN4O3S/c17-11-4-2-1-3-10(11)16-20-12(9-25-16)15(24)19-7-13-18-5-6-21(13)8-14(22)23/h1-6,9H,7-8H2,(H,19,24)(H,22,23). The lowest BCUT2D eigenvalue weighted by Crippen LogP contribution is -2.25. The van der Waals surface area contributed by atoms with Crippen molar-refractivity contribution < 1.29 is 19.1 Å². The fourth-order valence-corrected chi connectivity index (χ4v) is 3.01. The molecule has 2 N–H and O–H groups in total. The first-order chi connectivity index (χ1) is 12.0. The van der Waals surface area contributed by atoms with E-state index in [9.17, 15) is 14.0 Å². The van der Waals surface area contributed by atoms with Gasteiger partial charge < -0.3 is 15.0 Å². The number of amides is 1. The molecule has 25 heavy (non-hydrogen) atoms. The summed E-state index contributed by atoms with van der Waals surface area (Å²) in [6.07, 6.45) is 2.98. The van der Waals surface area contributed by atoms with Gasteiger partial charge in [0.2, 0.25) is 0 Å². The highest BCUT2D eigenvalue weighted by atomic mass is 32.1. The Labute approximate surface area is 145 Å². The Morgan fingerprint density at radius 3 is 2.88 bits per heavy atom. The van der Waals surface area contributed by atoms with E-state index in [2.05, 4.69) is 15.3 Å². The number of benzene rings is 1. The Bertz CT molecular complexity index is 922. The number of hydrogen-bond acceptors (Lipinski definition) is 5. The van der Waals surface area contributed by atoms with E-state index in [4.69, 9.17) is 5.11 Å². The van der Waals surface area contributed by atoms with Gasteiger partial charge in [-0.3, -0.25) is 9.59 Å². The van der Waals surface area contributed by atoms with Gasteiger partial charge in [-0.25, -0.2) is 14.4 Å². The first kappa shape index (κ1) is 16.8. The molecule has 0 aliphatic heterocycles. The van der Waals surface area contributed by atoms with Gasteiger partial charge in [-0.1, -0.05) is 12.1 Å². The van der Waals surface area contributed by atoms with E-state index < -0.39 is 17.7 Å². The SMILES string of the molecule is O=C(O)Cn1ccnc1CNC(=O)c1csc(-c2ccccc2F)n1. The number of carbonyl (C=O) groups is 2. The Kier molecular flexibility index (Phi) is 4.85. The molecule has 2 aromatic heterocycles. The van der Waals surface area contributed by atoms with Crippen molar-refractivity contribution in [3.8, 4) is 10.6 Å². The smallest absolute Gasteiger partial charge is 0.323 e. The number of imidazole rings is 1. The van der Waals surface area contributed by atoms with Crippen molar-refractivity contribution >= 4 is 23.2 Å². The van der Waals surface area contributed by atoms with E-state index in [1.165, 1.54) is 34.4 Å². The predicted octanol–water partition coefficient (Wildman–Crippen LogP) is 2.16. The average Bonchev–Trinajstić information content (AvgIpc) is 3.22. The molecular weight excluding hydrogens is 347 g/mol. The second-order valence-electron chi connectivity index (χ2n) is 5.07. The van der Waals surface area contributed by atoms with Crippen LogP contribution in [-0.4, -0.2) is 31.5 Å². The van der Waals surface area contributed by atoms with Gasteiger partial charge in [0.1, 0.15) is 28.9 Å². The molecule has 0 saturated heterocycles. The van der Waals surface area contributed by atoms with E-state index in [-0.39, 0.29) is 18.8 Å². The molecule has 2 heterocycles. The molecule has 3 rings (SSSR count). The third kappa shape index (κ3) is 3.89. The first-order valence-electron chi connectivity index (χ1n) is 7.25. The molecule has 0 bridgehead atoms. The lowest BCUT2D eigenvalue weighted by atomic mass is 10.2. The first-order valence-corrected chi connectivity index (χ1v) is 8.13. The quantitative estimate of drug-likeness (QED) is 0.702. The summed E-state index contributed by atoms with van der Waals surface area (Å²) in [5, 5.41) is 13.4. The van der Waals surface area contributed by atoms with Crippen molar-refractivity contribution in [2.24, 2.45) is 0 Å². The number of aromatic nitrogens is 3. The molecule has 128 valence electrons.